The fraction of sp³-hybridized carbons (Fsp3) is 0. The van der Waals surface area contributed by atoms with Crippen molar-refractivity contribution in [3.8, 4) is 0 Å². The van der Waals surface area contributed by atoms with E-state index in [4.69, 9.17) is 0 Å². The predicted molar refractivity (Wildman–Crippen MR) is 22.0 cm³/mol. The van der Waals surface area contributed by atoms with Crippen LogP contribution in [-0.2, 0) is 12.6 Å². The number of nitrogens with zero attached hydrogens (tertiary/aromatic N) is 2. The van der Waals surface area contributed by atoms with Gasteiger partial charge in [0.15, 0.2) is 0 Å². The zero-order valence-electron chi connectivity index (χ0n) is 3.88. The second-order valence-corrected chi connectivity index (χ2v) is 1.15. The molecule has 0 unspecified atom stereocenters. The van der Waals surface area contributed by atoms with Crippen LogP contribution in [0.4, 0.5) is 0 Å². The Balaban J connectivity index is 0.000000360. The van der Waals surface area contributed by atoms with Gasteiger partial charge in [0.1, 0.15) is 6.33 Å². The van der Waals surface area contributed by atoms with Crippen LogP contribution in [0.3, 0.4) is 0 Å². The Labute approximate surface area is 68.6 Å². The normalized spacial score (nSPS) is 7.43. The van der Waals surface area contributed by atoms with Gasteiger partial charge in [-0.2, -0.15) is 5.10 Å². The first-order valence-electron chi connectivity index (χ1n) is 1.42. The minimum atomic E-state index is 0. The van der Waals surface area contributed by atoms with Crippen LogP contribution in [0, 0.1) is 0 Å². The van der Waals surface area contributed by atoms with Gasteiger partial charge in [0.25, 0.3) is 0 Å². The second-order valence-electron chi connectivity index (χ2n) is 0.782. The minimum Gasteiger partial charge on any atom is -0.738 e. The van der Waals surface area contributed by atoms with Gasteiger partial charge in [0.2, 0.25) is 0 Å². The molecule has 1 N–H and O–H groups in total. The Morgan fingerprint density at radius 3 is 2.57 bits per heavy atom. The van der Waals surface area contributed by atoms with Crippen molar-refractivity contribution < 1.29 is 29.6 Å². The average Bonchev–Trinajstić information content (AvgIpc) is 1.86. The number of hydrogen-bond acceptors (Lipinski definition) is 3. The van der Waals surface area contributed by atoms with E-state index in [1.807, 2.05) is 0 Å². The fourth-order valence-electron chi connectivity index (χ4n) is 0.197. The van der Waals surface area contributed by atoms with Crippen LogP contribution in [-0.4, -0.2) is 15.2 Å². The number of aromatic amines is 1. The third kappa shape index (κ3) is 2.23. The molecule has 32 valence electrons. The van der Waals surface area contributed by atoms with E-state index in [1.54, 1.807) is 0 Å². The molecule has 0 saturated carbocycles. The predicted octanol–water partition coefficient (Wildman–Crippen LogP) is -3.29. The molecule has 0 radical (unpaired) electrons. The first kappa shape index (κ1) is 7.36. The molecule has 5 heteroatoms. The number of nitrogens with one attached hydrogen (secondary N) is 1. The standard InChI is InChI=1S/C2H3N3S.Na/c6-2-3-1-4-5-2;/h1H,(H2,3,4,5,6);/q;+1/p-1. The summed E-state index contributed by atoms with van der Waals surface area (Å²) in [5, 5.41) is 6.33. The van der Waals surface area contributed by atoms with Crippen molar-refractivity contribution in [3.05, 3.63) is 6.33 Å². The molecule has 0 amide bonds. The van der Waals surface area contributed by atoms with Crippen molar-refractivity contribution in [1.29, 1.82) is 0 Å². The summed E-state index contributed by atoms with van der Waals surface area (Å²) in [5.74, 6) is 0. The molecule has 1 heterocycles. The SMILES string of the molecule is [Na+].[S-]c1nc[nH]n1. The van der Waals surface area contributed by atoms with E-state index in [1.165, 1.54) is 6.33 Å². The zero-order valence-corrected chi connectivity index (χ0v) is 6.70. The largest absolute Gasteiger partial charge is 1.00 e. The van der Waals surface area contributed by atoms with Crippen LogP contribution in [0.5, 0.6) is 0 Å². The van der Waals surface area contributed by atoms with Crippen molar-refractivity contribution in [3.63, 3.8) is 0 Å². The van der Waals surface area contributed by atoms with E-state index < -0.39 is 0 Å². The Kier molecular flexibility index (Phi) is 3.55. The number of H-pyrrole nitrogens is 1. The molecule has 3 nitrogen and oxygen atoms in total. The van der Waals surface area contributed by atoms with Crippen LogP contribution in [0.15, 0.2) is 11.5 Å². The molecule has 0 atom stereocenters. The van der Waals surface area contributed by atoms with Crippen molar-refractivity contribution in [2.75, 3.05) is 0 Å². The Morgan fingerprint density at radius 1 is 1.71 bits per heavy atom. The Morgan fingerprint density at radius 2 is 2.43 bits per heavy atom. The van der Waals surface area contributed by atoms with Gasteiger partial charge in [-0.15, -0.1) is 0 Å². The number of hydrogen-bond donors (Lipinski definition) is 1. The van der Waals surface area contributed by atoms with Crippen LogP contribution < -0.4 is 29.6 Å². The van der Waals surface area contributed by atoms with Crippen molar-refractivity contribution in [2.45, 2.75) is 5.16 Å². The molecular weight excluding hydrogens is 121 g/mol. The maximum absolute atomic E-state index is 4.49. The number of rotatable bonds is 0. The molecule has 0 aliphatic rings. The molecule has 1 aromatic heterocycles. The van der Waals surface area contributed by atoms with Crippen LogP contribution >= 0.6 is 0 Å². The van der Waals surface area contributed by atoms with E-state index in [9.17, 15) is 0 Å². The Bertz CT molecular complexity index is 116. The van der Waals surface area contributed by atoms with Gasteiger partial charge >= 0.3 is 29.6 Å². The van der Waals surface area contributed by atoms with E-state index in [-0.39, 0.29) is 29.6 Å². The summed E-state index contributed by atoms with van der Waals surface area (Å²) in [7, 11) is 0. The molecule has 1 aromatic rings. The molecule has 0 spiro atoms. The van der Waals surface area contributed by atoms with Gasteiger partial charge in [-0.1, -0.05) is 0 Å². The second kappa shape index (κ2) is 3.37. The molecular formula is C2H2N3NaS. The summed E-state index contributed by atoms with van der Waals surface area (Å²) >= 11 is 4.49. The minimum absolute atomic E-state index is 0. The Hall–Kier alpha value is 0.360. The first-order chi connectivity index (χ1) is 2.89. The van der Waals surface area contributed by atoms with Gasteiger partial charge in [0.05, 0.1) is 0 Å². The van der Waals surface area contributed by atoms with Crippen LogP contribution in [0.1, 0.15) is 0 Å². The van der Waals surface area contributed by atoms with E-state index >= 15 is 0 Å². The average molecular weight is 123 g/mol. The van der Waals surface area contributed by atoms with Crippen LogP contribution in [0.25, 0.3) is 0 Å². The third-order valence-electron chi connectivity index (χ3n) is 0.393. The third-order valence-corrected chi connectivity index (χ3v) is 0.590. The summed E-state index contributed by atoms with van der Waals surface area (Å²) in [6.45, 7) is 0. The summed E-state index contributed by atoms with van der Waals surface area (Å²) in [6, 6.07) is 0. The smallest absolute Gasteiger partial charge is 0.738 e. The first-order valence-corrected chi connectivity index (χ1v) is 1.83. The quantitative estimate of drug-likeness (QED) is 0.290. The monoisotopic (exact) mass is 123 g/mol. The molecule has 7 heavy (non-hydrogen) atoms. The van der Waals surface area contributed by atoms with Crippen molar-refractivity contribution >= 4 is 12.6 Å². The van der Waals surface area contributed by atoms with E-state index in [0.717, 1.165) is 0 Å². The molecule has 0 aliphatic carbocycles. The molecule has 1 rings (SSSR count). The van der Waals surface area contributed by atoms with Crippen molar-refractivity contribution in [2.24, 2.45) is 0 Å². The van der Waals surface area contributed by atoms with Crippen LogP contribution in [0.2, 0.25) is 0 Å². The summed E-state index contributed by atoms with van der Waals surface area (Å²) < 4.78 is 0. The van der Waals surface area contributed by atoms with Gasteiger partial charge in [0, 0.05) is 5.16 Å². The van der Waals surface area contributed by atoms with Gasteiger partial charge < -0.3 is 12.6 Å². The fourth-order valence-corrected chi connectivity index (χ4v) is 0.302. The topological polar surface area (TPSA) is 41.6 Å². The number of aromatic nitrogens is 3. The van der Waals surface area contributed by atoms with Gasteiger partial charge in [-0.25, -0.2) is 4.98 Å². The molecule has 0 bridgehead atoms. The molecule has 0 fully saturated rings. The molecule has 0 aliphatic heterocycles. The van der Waals surface area contributed by atoms with E-state index in [2.05, 4.69) is 27.8 Å². The maximum atomic E-state index is 4.49. The zero-order chi connectivity index (χ0) is 4.41. The summed E-state index contributed by atoms with van der Waals surface area (Å²) in [4.78, 5) is 3.56. The maximum Gasteiger partial charge on any atom is 1.00 e. The van der Waals surface area contributed by atoms with Crippen molar-refractivity contribution in [1.82, 2.24) is 15.2 Å². The molecule has 0 saturated heterocycles. The molecule has 0 aromatic carbocycles. The van der Waals surface area contributed by atoms with E-state index in [0.29, 0.717) is 5.16 Å². The summed E-state index contributed by atoms with van der Waals surface area (Å²) in [5.41, 5.74) is 0. The van der Waals surface area contributed by atoms with Gasteiger partial charge in [-0.05, 0) is 0 Å². The summed E-state index contributed by atoms with van der Waals surface area (Å²) in [6.07, 6.45) is 1.45. The van der Waals surface area contributed by atoms with Gasteiger partial charge in [-0.3, -0.25) is 5.10 Å².